The second kappa shape index (κ2) is 7.38. The van der Waals surface area contributed by atoms with E-state index in [1.54, 1.807) is 13.8 Å². The predicted molar refractivity (Wildman–Crippen MR) is 63.3 cm³/mol. The molecule has 0 saturated heterocycles. The van der Waals surface area contributed by atoms with Crippen molar-refractivity contribution in [2.24, 2.45) is 0 Å². The summed E-state index contributed by atoms with van der Waals surface area (Å²) in [5, 5.41) is 0.685. The molecule has 0 fully saturated rings. The lowest BCUT2D eigenvalue weighted by Gasteiger charge is -2.00. The molecule has 102 valence electrons. The number of ether oxygens (including phenoxy) is 2. The zero-order valence-corrected chi connectivity index (χ0v) is 11.1. The van der Waals surface area contributed by atoms with Crippen molar-refractivity contribution in [3.63, 3.8) is 0 Å². The van der Waals surface area contributed by atoms with E-state index in [1.165, 1.54) is 11.3 Å². The normalized spacial score (nSPS) is 10.9. The monoisotopic (exact) mass is 279 g/mol. The highest BCUT2D eigenvalue weighted by Crippen LogP contribution is 2.18. The summed E-state index contributed by atoms with van der Waals surface area (Å²) in [6, 6.07) is 0. The molecule has 0 bridgehead atoms. The van der Waals surface area contributed by atoms with Crippen molar-refractivity contribution in [1.29, 1.82) is 0 Å². The summed E-state index contributed by atoms with van der Waals surface area (Å²) < 4.78 is 33.3. The smallest absolute Gasteiger partial charge is 0.358 e. The fourth-order valence-corrected chi connectivity index (χ4v) is 2.18. The van der Waals surface area contributed by atoms with Gasteiger partial charge < -0.3 is 9.47 Å². The Hall–Kier alpha value is -1.08. The number of alkyl halides is 2. The highest BCUT2D eigenvalue weighted by molar-refractivity contribution is 7.11. The minimum absolute atomic E-state index is 0.166. The van der Waals surface area contributed by atoms with E-state index in [2.05, 4.69) is 4.98 Å². The molecule has 0 aromatic carbocycles. The van der Waals surface area contributed by atoms with Crippen molar-refractivity contribution in [1.82, 2.24) is 4.98 Å². The molecule has 0 unspecified atom stereocenters. The number of hydrogen-bond donors (Lipinski definition) is 0. The van der Waals surface area contributed by atoms with Crippen LogP contribution in [0.15, 0.2) is 0 Å². The quantitative estimate of drug-likeness (QED) is 0.568. The molecule has 18 heavy (non-hydrogen) atoms. The Kier molecular flexibility index (Phi) is 6.14. The van der Waals surface area contributed by atoms with Crippen molar-refractivity contribution in [3.05, 3.63) is 15.6 Å². The first-order valence-electron chi connectivity index (χ1n) is 5.54. The molecule has 4 nitrogen and oxygen atoms in total. The zero-order valence-electron chi connectivity index (χ0n) is 10.2. The van der Waals surface area contributed by atoms with E-state index < -0.39 is 19.0 Å². The molecular weight excluding hydrogens is 264 g/mol. The predicted octanol–water partition coefficient (Wildman–Crippen LogP) is 2.45. The SMILES string of the molecule is CCOC(=O)c1nc(CCOCC(F)F)sc1C. The Bertz CT molecular complexity index is 396. The number of hydrogen-bond acceptors (Lipinski definition) is 5. The lowest BCUT2D eigenvalue weighted by molar-refractivity contribution is 0.0187. The van der Waals surface area contributed by atoms with E-state index in [0.717, 1.165) is 4.88 Å². The molecule has 0 aliphatic carbocycles. The second-order valence-corrected chi connectivity index (χ2v) is 4.74. The van der Waals surface area contributed by atoms with E-state index in [4.69, 9.17) is 9.47 Å². The molecule has 0 atom stereocenters. The second-order valence-electron chi connectivity index (χ2n) is 3.45. The molecule has 7 heteroatoms. The van der Waals surface area contributed by atoms with E-state index in [0.29, 0.717) is 23.7 Å². The summed E-state index contributed by atoms with van der Waals surface area (Å²) in [6.45, 7) is 3.38. The van der Waals surface area contributed by atoms with Gasteiger partial charge in [0, 0.05) is 11.3 Å². The molecule has 0 aliphatic rings. The number of aromatic nitrogens is 1. The van der Waals surface area contributed by atoms with Gasteiger partial charge in [0.1, 0.15) is 6.61 Å². The number of carbonyl (C=O) groups is 1. The van der Waals surface area contributed by atoms with Gasteiger partial charge >= 0.3 is 5.97 Å². The summed E-state index contributed by atoms with van der Waals surface area (Å²) in [6.07, 6.45) is -2.05. The average molecular weight is 279 g/mol. The third-order valence-electron chi connectivity index (χ3n) is 2.01. The van der Waals surface area contributed by atoms with Crippen molar-refractivity contribution < 1.29 is 23.0 Å². The first-order chi connectivity index (χ1) is 8.54. The summed E-state index contributed by atoms with van der Waals surface area (Å²) in [7, 11) is 0. The molecule has 0 saturated carbocycles. The maximum absolute atomic E-state index is 11.8. The summed E-state index contributed by atoms with van der Waals surface area (Å²) in [4.78, 5) is 16.4. The van der Waals surface area contributed by atoms with Gasteiger partial charge in [-0.25, -0.2) is 18.6 Å². The van der Waals surface area contributed by atoms with Crippen LogP contribution in [0.3, 0.4) is 0 Å². The van der Waals surface area contributed by atoms with E-state index >= 15 is 0 Å². The Labute approximate surface area is 108 Å². The molecule has 0 aliphatic heterocycles. The number of esters is 1. The summed E-state index contributed by atoms with van der Waals surface area (Å²) in [5.74, 6) is -0.453. The molecule has 1 aromatic heterocycles. The van der Waals surface area contributed by atoms with Crippen LogP contribution in [0.1, 0.15) is 27.3 Å². The van der Waals surface area contributed by atoms with E-state index in [-0.39, 0.29) is 6.61 Å². The van der Waals surface area contributed by atoms with E-state index in [1.807, 2.05) is 0 Å². The van der Waals surface area contributed by atoms with Gasteiger partial charge in [-0.15, -0.1) is 11.3 Å². The maximum atomic E-state index is 11.8. The van der Waals surface area contributed by atoms with Crippen molar-refractivity contribution in [3.8, 4) is 0 Å². The van der Waals surface area contributed by atoms with Gasteiger partial charge in [-0.3, -0.25) is 0 Å². The highest BCUT2D eigenvalue weighted by atomic mass is 32.1. The van der Waals surface area contributed by atoms with Crippen molar-refractivity contribution >= 4 is 17.3 Å². The molecule has 1 heterocycles. The standard InChI is InChI=1S/C11H15F2NO3S/c1-3-17-11(15)10-7(2)18-9(14-10)4-5-16-6-8(12)13/h8H,3-6H2,1-2H3. The maximum Gasteiger partial charge on any atom is 0.358 e. The molecule has 0 spiro atoms. The Morgan fingerprint density at radius 3 is 2.83 bits per heavy atom. The van der Waals surface area contributed by atoms with Crippen LogP contribution >= 0.6 is 11.3 Å². The van der Waals surface area contributed by atoms with Gasteiger partial charge in [0.15, 0.2) is 5.69 Å². The molecule has 1 rings (SSSR count). The summed E-state index contributed by atoms with van der Waals surface area (Å²) >= 11 is 1.35. The topological polar surface area (TPSA) is 48.4 Å². The number of thiazole rings is 1. The highest BCUT2D eigenvalue weighted by Gasteiger charge is 2.16. The largest absolute Gasteiger partial charge is 0.461 e. The lowest BCUT2D eigenvalue weighted by atomic mass is 10.4. The minimum atomic E-state index is -2.46. The number of halogens is 2. The van der Waals surface area contributed by atoms with Gasteiger partial charge in [-0.05, 0) is 13.8 Å². The fourth-order valence-electron chi connectivity index (χ4n) is 1.28. The first kappa shape index (κ1) is 15.0. The number of nitrogens with zero attached hydrogens (tertiary/aromatic N) is 1. The van der Waals surface area contributed by atoms with Crippen LogP contribution in [0, 0.1) is 6.92 Å². The van der Waals surface area contributed by atoms with Crippen molar-refractivity contribution in [2.75, 3.05) is 19.8 Å². The minimum Gasteiger partial charge on any atom is -0.461 e. The number of carbonyl (C=O) groups excluding carboxylic acids is 1. The molecule has 0 N–H and O–H groups in total. The first-order valence-corrected chi connectivity index (χ1v) is 6.35. The van der Waals surface area contributed by atoms with Gasteiger partial charge in [-0.1, -0.05) is 0 Å². The van der Waals surface area contributed by atoms with Gasteiger partial charge in [0.2, 0.25) is 0 Å². The van der Waals surface area contributed by atoms with Gasteiger partial charge in [0.25, 0.3) is 6.43 Å². The molecular formula is C11H15F2NO3S. The molecule has 1 aromatic rings. The Morgan fingerprint density at radius 1 is 1.50 bits per heavy atom. The summed E-state index contributed by atoms with van der Waals surface area (Å²) in [5.41, 5.74) is 0.297. The van der Waals surface area contributed by atoms with Crippen LogP contribution in [0.25, 0.3) is 0 Å². The Morgan fingerprint density at radius 2 is 2.22 bits per heavy atom. The fraction of sp³-hybridized carbons (Fsp3) is 0.636. The van der Waals surface area contributed by atoms with Crippen LogP contribution < -0.4 is 0 Å². The van der Waals surface area contributed by atoms with Crippen molar-refractivity contribution in [2.45, 2.75) is 26.7 Å². The van der Waals surface area contributed by atoms with Gasteiger partial charge in [-0.2, -0.15) is 0 Å². The lowest BCUT2D eigenvalue weighted by Crippen LogP contribution is -2.08. The number of aryl methyl sites for hydroxylation is 1. The third-order valence-corrected chi connectivity index (χ3v) is 3.04. The zero-order chi connectivity index (χ0) is 13.5. The van der Waals surface area contributed by atoms with E-state index in [9.17, 15) is 13.6 Å². The van der Waals surface area contributed by atoms with Crippen LogP contribution in [-0.4, -0.2) is 37.2 Å². The van der Waals surface area contributed by atoms with Crippen LogP contribution in [0.4, 0.5) is 8.78 Å². The average Bonchev–Trinajstić information content (AvgIpc) is 2.66. The van der Waals surface area contributed by atoms with Crippen LogP contribution in [0.5, 0.6) is 0 Å². The molecule has 0 radical (unpaired) electrons. The molecule has 0 amide bonds. The number of rotatable bonds is 7. The van der Waals surface area contributed by atoms with Crippen LogP contribution in [0.2, 0.25) is 0 Å². The Balaban J connectivity index is 2.48. The third kappa shape index (κ3) is 4.66. The van der Waals surface area contributed by atoms with Crippen LogP contribution in [-0.2, 0) is 15.9 Å². The van der Waals surface area contributed by atoms with Gasteiger partial charge in [0.05, 0.1) is 18.2 Å².